The van der Waals surface area contributed by atoms with Gasteiger partial charge in [0.25, 0.3) is 5.56 Å². The molecule has 1 saturated heterocycles. The third-order valence-electron chi connectivity index (χ3n) is 5.95. The fraction of sp³-hybridized carbons (Fsp3) is 0.304. The Hall–Kier alpha value is -3.88. The lowest BCUT2D eigenvalue weighted by Gasteiger charge is -2.31. The highest BCUT2D eigenvalue weighted by atomic mass is 16.7. The Bertz CT molecular complexity index is 1250. The van der Waals surface area contributed by atoms with E-state index in [1.807, 2.05) is 6.07 Å². The van der Waals surface area contributed by atoms with Crippen molar-refractivity contribution in [1.29, 1.82) is 0 Å². The van der Waals surface area contributed by atoms with Gasteiger partial charge in [0.05, 0.1) is 17.5 Å². The van der Waals surface area contributed by atoms with E-state index in [0.29, 0.717) is 59.6 Å². The number of amides is 2. The van der Waals surface area contributed by atoms with Gasteiger partial charge in [-0.2, -0.15) is 5.10 Å². The van der Waals surface area contributed by atoms with Gasteiger partial charge >= 0.3 is 0 Å². The van der Waals surface area contributed by atoms with E-state index in [1.165, 1.54) is 0 Å². The van der Waals surface area contributed by atoms with Crippen molar-refractivity contribution in [2.45, 2.75) is 19.3 Å². The van der Waals surface area contributed by atoms with Gasteiger partial charge in [0.2, 0.25) is 18.6 Å². The fourth-order valence-corrected chi connectivity index (χ4v) is 4.17. The lowest BCUT2D eigenvalue weighted by molar-refractivity contribution is -0.133. The normalized spacial score (nSPS) is 15.7. The molecule has 3 aromatic rings. The Balaban J connectivity index is 1.18. The lowest BCUT2D eigenvalue weighted by atomic mass is 9.95. The van der Waals surface area contributed by atoms with Crippen LogP contribution in [-0.4, -0.2) is 46.8 Å². The molecule has 2 aliphatic rings. The van der Waals surface area contributed by atoms with Crippen molar-refractivity contribution in [3.05, 3.63) is 58.5 Å². The summed E-state index contributed by atoms with van der Waals surface area (Å²) in [5, 5.41) is 10.7. The number of ether oxygens (including phenoxy) is 2. The maximum absolute atomic E-state index is 12.8. The van der Waals surface area contributed by atoms with E-state index in [-0.39, 0.29) is 36.5 Å². The zero-order valence-electron chi connectivity index (χ0n) is 17.3. The number of benzene rings is 2. The van der Waals surface area contributed by atoms with Crippen LogP contribution in [0.25, 0.3) is 10.8 Å². The molecule has 0 radical (unpaired) electrons. The Kier molecular flexibility index (Phi) is 5.22. The van der Waals surface area contributed by atoms with Gasteiger partial charge < -0.3 is 19.7 Å². The van der Waals surface area contributed by atoms with Crippen molar-refractivity contribution in [1.82, 2.24) is 15.1 Å². The Morgan fingerprint density at radius 3 is 2.62 bits per heavy atom. The predicted octanol–water partition coefficient (Wildman–Crippen LogP) is 2.07. The van der Waals surface area contributed by atoms with Crippen LogP contribution in [0, 0.1) is 5.92 Å². The summed E-state index contributed by atoms with van der Waals surface area (Å²) in [7, 11) is 0. The minimum Gasteiger partial charge on any atom is -0.454 e. The molecule has 32 heavy (non-hydrogen) atoms. The molecule has 0 bridgehead atoms. The molecule has 2 aromatic carbocycles. The Morgan fingerprint density at radius 1 is 1.06 bits per heavy atom. The van der Waals surface area contributed by atoms with Gasteiger partial charge in [0.15, 0.2) is 11.5 Å². The molecule has 0 aliphatic carbocycles. The fourth-order valence-electron chi connectivity index (χ4n) is 4.17. The Labute approximate surface area is 183 Å². The van der Waals surface area contributed by atoms with Crippen LogP contribution in [0.2, 0.25) is 0 Å². The van der Waals surface area contributed by atoms with Crippen LogP contribution < -0.4 is 20.3 Å². The molecule has 1 aromatic heterocycles. The molecule has 9 heteroatoms. The van der Waals surface area contributed by atoms with Crippen molar-refractivity contribution in [3.8, 4) is 11.5 Å². The number of aromatic nitrogens is 2. The molecule has 164 valence electrons. The smallest absolute Gasteiger partial charge is 0.272 e. The molecule has 0 atom stereocenters. The van der Waals surface area contributed by atoms with E-state index >= 15 is 0 Å². The summed E-state index contributed by atoms with van der Waals surface area (Å²) in [5.74, 6) is 0.983. The molecular formula is C23H22N4O5. The number of carbonyl (C=O) groups excluding carboxylic acids is 2. The second-order valence-corrected chi connectivity index (χ2v) is 7.93. The van der Waals surface area contributed by atoms with E-state index in [0.717, 1.165) is 0 Å². The molecule has 1 fully saturated rings. The number of nitrogens with zero attached hydrogens (tertiary/aromatic N) is 2. The number of hydrogen-bond donors (Lipinski definition) is 2. The zero-order valence-corrected chi connectivity index (χ0v) is 17.3. The summed E-state index contributed by atoms with van der Waals surface area (Å²) >= 11 is 0. The number of likely N-dealkylation sites (tertiary alicyclic amines) is 1. The van der Waals surface area contributed by atoms with E-state index in [2.05, 4.69) is 15.5 Å². The van der Waals surface area contributed by atoms with E-state index in [4.69, 9.17) is 9.47 Å². The van der Waals surface area contributed by atoms with Crippen molar-refractivity contribution in [2.24, 2.45) is 5.92 Å². The number of nitrogens with one attached hydrogen (secondary N) is 2. The van der Waals surface area contributed by atoms with Crippen LogP contribution in [0.3, 0.4) is 0 Å². The summed E-state index contributed by atoms with van der Waals surface area (Å²) in [6.07, 6.45) is 1.27. The number of carbonyl (C=O) groups is 2. The topological polar surface area (TPSA) is 114 Å². The van der Waals surface area contributed by atoms with Gasteiger partial charge in [0.1, 0.15) is 0 Å². The van der Waals surface area contributed by atoms with Crippen molar-refractivity contribution in [2.75, 3.05) is 25.2 Å². The second-order valence-electron chi connectivity index (χ2n) is 7.93. The van der Waals surface area contributed by atoms with Gasteiger partial charge in [-0.15, -0.1) is 0 Å². The van der Waals surface area contributed by atoms with E-state index < -0.39 is 0 Å². The number of hydrogen-bond acceptors (Lipinski definition) is 6. The number of aromatic amines is 1. The highest BCUT2D eigenvalue weighted by molar-refractivity contribution is 5.93. The average molecular weight is 434 g/mol. The molecule has 2 amide bonds. The van der Waals surface area contributed by atoms with Crippen LogP contribution in [0.15, 0.2) is 47.3 Å². The highest BCUT2D eigenvalue weighted by Gasteiger charge is 2.28. The third-order valence-corrected chi connectivity index (χ3v) is 5.95. The zero-order chi connectivity index (χ0) is 22.1. The molecule has 2 aliphatic heterocycles. The first-order valence-electron chi connectivity index (χ1n) is 10.5. The number of fused-ring (bicyclic) bond motifs is 2. The van der Waals surface area contributed by atoms with Crippen LogP contribution in [-0.2, 0) is 16.0 Å². The largest absolute Gasteiger partial charge is 0.454 e. The van der Waals surface area contributed by atoms with Crippen molar-refractivity contribution in [3.63, 3.8) is 0 Å². The average Bonchev–Trinajstić information content (AvgIpc) is 3.29. The van der Waals surface area contributed by atoms with Gasteiger partial charge in [-0.25, -0.2) is 5.10 Å². The summed E-state index contributed by atoms with van der Waals surface area (Å²) in [5.41, 5.74) is 0.938. The number of rotatable bonds is 4. The summed E-state index contributed by atoms with van der Waals surface area (Å²) in [4.78, 5) is 39.2. The molecular weight excluding hydrogens is 412 g/mol. The van der Waals surface area contributed by atoms with Crippen LogP contribution >= 0.6 is 0 Å². The van der Waals surface area contributed by atoms with E-state index in [1.54, 1.807) is 41.3 Å². The quantitative estimate of drug-likeness (QED) is 0.650. The standard InChI is InChI=1S/C23H22N4O5/c28-21(12-18-16-3-1-2-4-17(16)23(30)26-25-18)27-9-7-14(8-10-27)22(29)24-15-5-6-19-20(11-15)32-13-31-19/h1-6,11,14H,7-10,12-13H2,(H,24,29)(H,26,30). The first-order valence-corrected chi connectivity index (χ1v) is 10.5. The SMILES string of the molecule is O=C(Nc1ccc2c(c1)OCO2)C1CCN(C(=O)Cc2n[nH]c(=O)c3ccccc23)CC1. The lowest BCUT2D eigenvalue weighted by Crippen LogP contribution is -2.42. The van der Waals surface area contributed by atoms with Gasteiger partial charge in [-0.3, -0.25) is 14.4 Å². The maximum Gasteiger partial charge on any atom is 0.272 e. The van der Waals surface area contributed by atoms with E-state index in [9.17, 15) is 14.4 Å². The van der Waals surface area contributed by atoms with Gasteiger partial charge in [0, 0.05) is 36.1 Å². The third kappa shape index (κ3) is 3.89. The summed E-state index contributed by atoms with van der Waals surface area (Å²) in [6.45, 7) is 1.18. The minimum atomic E-state index is -0.272. The number of H-pyrrole nitrogens is 1. The predicted molar refractivity (Wildman–Crippen MR) is 117 cm³/mol. The van der Waals surface area contributed by atoms with Gasteiger partial charge in [-0.1, -0.05) is 18.2 Å². The van der Waals surface area contributed by atoms with Crippen molar-refractivity contribution < 1.29 is 19.1 Å². The molecule has 5 rings (SSSR count). The molecule has 3 heterocycles. The van der Waals surface area contributed by atoms with Crippen molar-refractivity contribution >= 4 is 28.3 Å². The number of anilines is 1. The first kappa shape index (κ1) is 20.0. The number of piperidine rings is 1. The molecule has 0 saturated carbocycles. The molecule has 0 unspecified atom stereocenters. The van der Waals surface area contributed by atoms with Crippen LogP contribution in [0.4, 0.5) is 5.69 Å². The minimum absolute atomic E-state index is 0.0654. The summed E-state index contributed by atoms with van der Waals surface area (Å²) < 4.78 is 10.6. The Morgan fingerprint density at radius 2 is 1.81 bits per heavy atom. The summed E-state index contributed by atoms with van der Waals surface area (Å²) in [6, 6.07) is 12.4. The monoisotopic (exact) mass is 434 g/mol. The highest BCUT2D eigenvalue weighted by Crippen LogP contribution is 2.34. The molecule has 0 spiro atoms. The molecule has 9 nitrogen and oxygen atoms in total. The van der Waals surface area contributed by atoms with Crippen LogP contribution in [0.5, 0.6) is 11.5 Å². The molecule has 2 N–H and O–H groups in total. The maximum atomic E-state index is 12.8. The van der Waals surface area contributed by atoms with Gasteiger partial charge in [-0.05, 0) is 31.0 Å². The first-order chi connectivity index (χ1) is 15.6. The van der Waals surface area contributed by atoms with Crippen LogP contribution in [0.1, 0.15) is 18.5 Å². The second kappa shape index (κ2) is 8.33.